The molecule has 1 aliphatic heterocycles. The van der Waals surface area contributed by atoms with Crippen LogP contribution in [0.5, 0.6) is 0 Å². The molecule has 7 nitrogen and oxygen atoms in total. The first-order valence-electron chi connectivity index (χ1n) is 7.65. The quantitative estimate of drug-likeness (QED) is 0.760. The minimum absolute atomic E-state index is 0.178. The van der Waals surface area contributed by atoms with Crippen LogP contribution in [0.25, 0.3) is 10.2 Å². The van der Waals surface area contributed by atoms with Crippen molar-refractivity contribution in [1.82, 2.24) is 9.97 Å². The summed E-state index contributed by atoms with van der Waals surface area (Å²) in [7, 11) is 0. The number of thiophene rings is 1. The van der Waals surface area contributed by atoms with Gasteiger partial charge in [-0.25, -0.2) is 9.97 Å². The molecule has 3 heterocycles. The summed E-state index contributed by atoms with van der Waals surface area (Å²) < 4.78 is 0. The van der Waals surface area contributed by atoms with Gasteiger partial charge in [-0.2, -0.15) is 0 Å². The number of anilines is 2. The fourth-order valence-corrected chi connectivity index (χ4v) is 3.33. The van der Waals surface area contributed by atoms with Crippen molar-refractivity contribution in [3.63, 3.8) is 0 Å². The number of aliphatic hydroxyl groups excluding tert-OH is 1. The van der Waals surface area contributed by atoms with Crippen LogP contribution in [-0.4, -0.2) is 40.2 Å². The van der Waals surface area contributed by atoms with E-state index in [1.807, 2.05) is 5.38 Å². The van der Waals surface area contributed by atoms with Crippen LogP contribution in [-0.2, 0) is 11.2 Å². The summed E-state index contributed by atoms with van der Waals surface area (Å²) in [6, 6.07) is 0. The predicted molar refractivity (Wildman–Crippen MR) is 93.5 cm³/mol. The van der Waals surface area contributed by atoms with Crippen molar-refractivity contribution >= 4 is 39.1 Å². The number of aryl methyl sites for hydroxylation is 1. The fourth-order valence-electron chi connectivity index (χ4n) is 2.49. The van der Waals surface area contributed by atoms with E-state index in [9.17, 15) is 9.90 Å². The van der Waals surface area contributed by atoms with Gasteiger partial charge in [0.2, 0.25) is 11.9 Å². The Morgan fingerprint density at radius 1 is 1.43 bits per heavy atom. The second kappa shape index (κ2) is 7.56. The molecule has 5 N–H and O–H groups in total. The van der Waals surface area contributed by atoms with Crippen LogP contribution in [0, 0.1) is 0 Å². The van der Waals surface area contributed by atoms with E-state index >= 15 is 0 Å². The van der Waals surface area contributed by atoms with Gasteiger partial charge >= 0.3 is 0 Å². The van der Waals surface area contributed by atoms with E-state index < -0.39 is 0 Å². The molecule has 23 heavy (non-hydrogen) atoms. The van der Waals surface area contributed by atoms with E-state index in [0.717, 1.165) is 59.9 Å². The Balaban J connectivity index is 0.000000433. The first kappa shape index (κ1) is 17.4. The SMILES string of the molecule is CC(N)=O.CCc1nc(N2CCC(O)CC2)nc2scc(N)c12. The highest BCUT2D eigenvalue weighted by atomic mass is 32.1. The second-order valence-electron chi connectivity index (χ2n) is 5.52. The van der Waals surface area contributed by atoms with Crippen molar-refractivity contribution in [1.29, 1.82) is 0 Å². The summed E-state index contributed by atoms with van der Waals surface area (Å²) in [5, 5.41) is 12.5. The van der Waals surface area contributed by atoms with Crippen LogP contribution in [0.15, 0.2) is 5.38 Å². The first-order chi connectivity index (χ1) is 10.9. The van der Waals surface area contributed by atoms with Gasteiger partial charge in [-0.1, -0.05) is 6.92 Å². The molecule has 0 radical (unpaired) electrons. The molecule has 126 valence electrons. The van der Waals surface area contributed by atoms with Gasteiger partial charge in [0.1, 0.15) is 4.83 Å². The van der Waals surface area contributed by atoms with Gasteiger partial charge in [-0.3, -0.25) is 4.79 Å². The summed E-state index contributed by atoms with van der Waals surface area (Å²) in [6.45, 7) is 5.02. The maximum absolute atomic E-state index is 9.57. The minimum Gasteiger partial charge on any atom is -0.397 e. The molecule has 8 heteroatoms. The Kier molecular flexibility index (Phi) is 5.73. The Bertz CT molecular complexity index is 676. The molecular weight excluding hydrogens is 314 g/mol. The number of nitrogen functional groups attached to an aromatic ring is 1. The second-order valence-corrected chi connectivity index (χ2v) is 6.38. The number of fused-ring (bicyclic) bond motifs is 1. The number of nitrogens with two attached hydrogens (primary N) is 2. The average Bonchev–Trinajstić information content (AvgIpc) is 2.88. The van der Waals surface area contributed by atoms with Crippen LogP contribution in [0.2, 0.25) is 0 Å². The summed E-state index contributed by atoms with van der Waals surface area (Å²) in [5.74, 6) is 0.443. The number of hydrogen-bond acceptors (Lipinski definition) is 7. The number of carbonyl (C=O) groups is 1. The van der Waals surface area contributed by atoms with Crippen LogP contribution in [0.3, 0.4) is 0 Å². The van der Waals surface area contributed by atoms with Gasteiger partial charge in [0.15, 0.2) is 0 Å². The molecule has 0 bridgehead atoms. The molecule has 2 aromatic rings. The van der Waals surface area contributed by atoms with Crippen LogP contribution in [0.4, 0.5) is 11.6 Å². The summed E-state index contributed by atoms with van der Waals surface area (Å²) in [4.78, 5) is 21.6. The van der Waals surface area contributed by atoms with Crippen molar-refractivity contribution in [2.24, 2.45) is 5.73 Å². The highest BCUT2D eigenvalue weighted by molar-refractivity contribution is 7.17. The van der Waals surface area contributed by atoms with Crippen LogP contribution >= 0.6 is 11.3 Å². The van der Waals surface area contributed by atoms with Crippen molar-refractivity contribution in [3.8, 4) is 0 Å². The van der Waals surface area contributed by atoms with Gasteiger partial charge in [0.25, 0.3) is 0 Å². The maximum atomic E-state index is 9.57. The Morgan fingerprint density at radius 3 is 2.61 bits per heavy atom. The molecule has 3 rings (SSSR count). The third-order valence-corrected chi connectivity index (χ3v) is 4.50. The highest BCUT2D eigenvalue weighted by Crippen LogP contribution is 2.31. The molecule has 2 aromatic heterocycles. The third kappa shape index (κ3) is 4.29. The largest absolute Gasteiger partial charge is 0.397 e. The normalized spacial score (nSPS) is 15.3. The number of carbonyl (C=O) groups excluding carboxylic acids is 1. The first-order valence-corrected chi connectivity index (χ1v) is 8.53. The lowest BCUT2D eigenvalue weighted by Gasteiger charge is -2.29. The van der Waals surface area contributed by atoms with Gasteiger partial charge in [-0.15, -0.1) is 11.3 Å². The fraction of sp³-hybridized carbons (Fsp3) is 0.533. The molecular formula is C15H23N5O2S. The van der Waals surface area contributed by atoms with Gasteiger partial charge < -0.3 is 21.5 Å². The standard InChI is InChI=1S/C13H18N4OS.C2H5NO/c1-2-10-11-9(14)7-19-12(11)16-13(15-10)17-5-3-8(18)4-6-17;1-2(3)4/h7-8,18H,2-6,14H2,1H3;1H3,(H2,3,4). The number of hydrogen-bond donors (Lipinski definition) is 3. The van der Waals surface area contributed by atoms with Crippen molar-refractivity contribution in [3.05, 3.63) is 11.1 Å². The Hall–Kier alpha value is -1.93. The molecule has 0 saturated carbocycles. The van der Waals surface area contributed by atoms with E-state index in [-0.39, 0.29) is 12.0 Å². The average molecular weight is 337 g/mol. The van der Waals surface area contributed by atoms with Crippen molar-refractivity contribution < 1.29 is 9.90 Å². The molecule has 1 saturated heterocycles. The van der Waals surface area contributed by atoms with E-state index in [4.69, 9.17) is 5.73 Å². The molecule has 1 amide bonds. The van der Waals surface area contributed by atoms with Crippen LogP contribution < -0.4 is 16.4 Å². The predicted octanol–water partition coefficient (Wildman–Crippen LogP) is 1.29. The lowest BCUT2D eigenvalue weighted by atomic mass is 10.1. The molecule has 0 spiro atoms. The zero-order valence-corrected chi connectivity index (χ0v) is 14.3. The molecule has 0 atom stereocenters. The lowest BCUT2D eigenvalue weighted by Crippen LogP contribution is -2.37. The summed E-state index contributed by atoms with van der Waals surface area (Å²) >= 11 is 1.57. The molecule has 1 fully saturated rings. The monoisotopic (exact) mass is 337 g/mol. The number of amides is 1. The van der Waals surface area contributed by atoms with Crippen molar-refractivity contribution in [2.75, 3.05) is 23.7 Å². The number of nitrogens with zero attached hydrogens (tertiary/aromatic N) is 3. The van der Waals surface area contributed by atoms with Gasteiger partial charge in [0, 0.05) is 25.4 Å². The maximum Gasteiger partial charge on any atom is 0.226 e. The lowest BCUT2D eigenvalue weighted by molar-refractivity contribution is -0.115. The zero-order chi connectivity index (χ0) is 17.0. The molecule has 0 aliphatic carbocycles. The Labute approximate surface area is 139 Å². The van der Waals surface area contributed by atoms with Gasteiger partial charge in [-0.05, 0) is 19.3 Å². The van der Waals surface area contributed by atoms with E-state index in [1.165, 1.54) is 6.92 Å². The number of aliphatic hydroxyl groups is 1. The topological polar surface area (TPSA) is 118 Å². The van der Waals surface area contributed by atoms with E-state index in [0.29, 0.717) is 0 Å². The van der Waals surface area contributed by atoms with Crippen LogP contribution in [0.1, 0.15) is 32.4 Å². The number of piperidine rings is 1. The van der Waals surface area contributed by atoms with Crippen molar-refractivity contribution in [2.45, 2.75) is 39.2 Å². The van der Waals surface area contributed by atoms with E-state index in [2.05, 4.69) is 27.5 Å². The van der Waals surface area contributed by atoms with Gasteiger partial charge in [0.05, 0.1) is 22.9 Å². The number of rotatable bonds is 2. The minimum atomic E-state index is -0.333. The highest BCUT2D eigenvalue weighted by Gasteiger charge is 2.21. The zero-order valence-electron chi connectivity index (χ0n) is 13.5. The van der Waals surface area contributed by atoms with E-state index in [1.54, 1.807) is 11.3 Å². The summed E-state index contributed by atoms with van der Waals surface area (Å²) in [5.41, 5.74) is 12.2. The molecule has 0 unspecified atom stereocenters. The Morgan fingerprint density at radius 2 is 2.04 bits per heavy atom. The number of aromatic nitrogens is 2. The summed E-state index contributed by atoms with van der Waals surface area (Å²) in [6.07, 6.45) is 2.25. The molecule has 0 aromatic carbocycles. The smallest absolute Gasteiger partial charge is 0.226 e. The third-order valence-electron chi connectivity index (χ3n) is 3.61. The molecule has 1 aliphatic rings. The number of primary amides is 1.